The van der Waals surface area contributed by atoms with Crippen molar-refractivity contribution < 1.29 is 4.39 Å². The molecule has 0 spiro atoms. The summed E-state index contributed by atoms with van der Waals surface area (Å²) < 4.78 is 13.6. The minimum absolute atomic E-state index is 0.188. The first kappa shape index (κ1) is 14.2. The zero-order chi connectivity index (χ0) is 14.7. The molecule has 0 aliphatic carbocycles. The number of likely N-dealkylation sites (tertiary alicyclic amines) is 1. The molecule has 1 aliphatic heterocycles. The summed E-state index contributed by atoms with van der Waals surface area (Å²) in [6, 6.07) is 15.8. The van der Waals surface area contributed by atoms with Crippen molar-refractivity contribution in [1.29, 1.82) is 0 Å². The molecule has 3 rings (SSSR count). The van der Waals surface area contributed by atoms with E-state index < -0.39 is 0 Å². The molecule has 0 aromatic heterocycles. The van der Waals surface area contributed by atoms with E-state index in [4.69, 9.17) is 5.73 Å². The van der Waals surface area contributed by atoms with Gasteiger partial charge in [-0.2, -0.15) is 0 Å². The minimum atomic E-state index is -0.188. The molecule has 2 aromatic carbocycles. The van der Waals surface area contributed by atoms with E-state index in [1.165, 1.54) is 18.1 Å². The Morgan fingerprint density at radius 2 is 1.86 bits per heavy atom. The Bertz CT molecular complexity index is 597. The molecule has 0 bridgehead atoms. The molecule has 1 unspecified atom stereocenters. The van der Waals surface area contributed by atoms with Crippen LogP contribution in [0.3, 0.4) is 0 Å². The van der Waals surface area contributed by atoms with E-state index in [0.29, 0.717) is 12.5 Å². The average Bonchev–Trinajstić information content (AvgIpc) is 2.96. The van der Waals surface area contributed by atoms with E-state index in [2.05, 4.69) is 35.2 Å². The van der Waals surface area contributed by atoms with E-state index in [9.17, 15) is 4.39 Å². The van der Waals surface area contributed by atoms with Gasteiger partial charge in [-0.25, -0.2) is 4.39 Å². The predicted molar refractivity (Wildman–Crippen MR) is 83.4 cm³/mol. The Kier molecular flexibility index (Phi) is 4.32. The molecule has 0 saturated carbocycles. The predicted octanol–water partition coefficient (Wildman–Crippen LogP) is 3.27. The van der Waals surface area contributed by atoms with Crippen LogP contribution in [0.5, 0.6) is 0 Å². The van der Waals surface area contributed by atoms with Gasteiger partial charge in [-0.1, -0.05) is 36.4 Å². The molecule has 0 amide bonds. The first-order valence-corrected chi connectivity index (χ1v) is 7.50. The van der Waals surface area contributed by atoms with Crippen LogP contribution in [-0.2, 0) is 13.1 Å². The summed E-state index contributed by atoms with van der Waals surface area (Å²) in [5.74, 6) is 0.403. The fourth-order valence-electron chi connectivity index (χ4n) is 3.16. The Balaban J connectivity index is 1.66. The molecule has 21 heavy (non-hydrogen) atoms. The maximum atomic E-state index is 13.6. The molecule has 1 atom stereocenters. The normalized spacial score (nSPS) is 19.0. The summed E-state index contributed by atoms with van der Waals surface area (Å²) >= 11 is 0. The summed E-state index contributed by atoms with van der Waals surface area (Å²) in [6.07, 6.45) is 1.17. The lowest BCUT2D eigenvalue weighted by Crippen LogP contribution is -2.20. The Labute approximate surface area is 125 Å². The van der Waals surface area contributed by atoms with Gasteiger partial charge in [0.05, 0.1) is 0 Å². The lowest BCUT2D eigenvalue weighted by Gasteiger charge is -2.17. The Morgan fingerprint density at radius 1 is 1.10 bits per heavy atom. The second-order valence-electron chi connectivity index (χ2n) is 5.80. The van der Waals surface area contributed by atoms with E-state index in [1.807, 2.05) is 6.07 Å². The van der Waals surface area contributed by atoms with Crippen molar-refractivity contribution in [1.82, 2.24) is 4.90 Å². The van der Waals surface area contributed by atoms with Crippen LogP contribution < -0.4 is 5.73 Å². The average molecular weight is 284 g/mol. The SMILES string of the molecule is NCc1cc(F)cc(CN2CCC(c3ccccc3)C2)c1. The molecule has 2 aromatic rings. The molecular formula is C18H21FN2. The van der Waals surface area contributed by atoms with Gasteiger partial charge in [0.1, 0.15) is 5.82 Å². The number of halogens is 1. The smallest absolute Gasteiger partial charge is 0.123 e. The van der Waals surface area contributed by atoms with Gasteiger partial charge in [0.15, 0.2) is 0 Å². The van der Waals surface area contributed by atoms with Crippen molar-refractivity contribution in [3.8, 4) is 0 Å². The third-order valence-corrected chi connectivity index (χ3v) is 4.20. The van der Waals surface area contributed by atoms with Gasteiger partial charge in [0.25, 0.3) is 0 Å². The number of hydrogen-bond donors (Lipinski definition) is 1. The number of benzene rings is 2. The third kappa shape index (κ3) is 3.49. The Morgan fingerprint density at radius 3 is 2.62 bits per heavy atom. The topological polar surface area (TPSA) is 29.3 Å². The van der Waals surface area contributed by atoms with Crippen molar-refractivity contribution in [2.75, 3.05) is 13.1 Å². The molecule has 1 fully saturated rings. The van der Waals surface area contributed by atoms with Crippen LogP contribution in [0.1, 0.15) is 29.0 Å². The maximum Gasteiger partial charge on any atom is 0.123 e. The molecule has 3 heteroatoms. The highest BCUT2D eigenvalue weighted by atomic mass is 19.1. The maximum absolute atomic E-state index is 13.6. The van der Waals surface area contributed by atoms with Crippen LogP contribution in [0.25, 0.3) is 0 Å². The highest BCUT2D eigenvalue weighted by molar-refractivity contribution is 5.25. The van der Waals surface area contributed by atoms with Crippen molar-refractivity contribution in [3.05, 3.63) is 71.0 Å². The first-order chi connectivity index (χ1) is 10.2. The number of hydrogen-bond acceptors (Lipinski definition) is 2. The molecule has 2 N–H and O–H groups in total. The Hall–Kier alpha value is -1.71. The van der Waals surface area contributed by atoms with E-state index in [0.717, 1.165) is 30.8 Å². The molecule has 1 heterocycles. The first-order valence-electron chi connectivity index (χ1n) is 7.50. The fourth-order valence-corrected chi connectivity index (χ4v) is 3.16. The van der Waals surface area contributed by atoms with Gasteiger partial charge < -0.3 is 5.73 Å². The van der Waals surface area contributed by atoms with Crippen LogP contribution >= 0.6 is 0 Å². The molecule has 1 saturated heterocycles. The number of nitrogens with zero attached hydrogens (tertiary/aromatic N) is 1. The summed E-state index contributed by atoms with van der Waals surface area (Å²) in [4.78, 5) is 2.40. The van der Waals surface area contributed by atoms with Crippen LogP contribution in [0, 0.1) is 5.82 Å². The monoisotopic (exact) mass is 284 g/mol. The van der Waals surface area contributed by atoms with Gasteiger partial charge >= 0.3 is 0 Å². The van der Waals surface area contributed by atoms with Crippen LogP contribution in [0.15, 0.2) is 48.5 Å². The van der Waals surface area contributed by atoms with Crippen LogP contribution in [0.2, 0.25) is 0 Å². The van der Waals surface area contributed by atoms with E-state index >= 15 is 0 Å². The van der Waals surface area contributed by atoms with Crippen LogP contribution in [0.4, 0.5) is 4.39 Å². The standard InChI is InChI=1S/C18H21FN2/c19-18-9-14(11-20)8-15(10-18)12-21-7-6-17(13-21)16-4-2-1-3-5-16/h1-5,8-10,17H,6-7,11-13,20H2. The molecule has 2 nitrogen and oxygen atoms in total. The molecular weight excluding hydrogens is 263 g/mol. The van der Waals surface area contributed by atoms with Gasteiger partial charge in [0, 0.05) is 19.6 Å². The minimum Gasteiger partial charge on any atom is -0.326 e. The van der Waals surface area contributed by atoms with Gasteiger partial charge in [0.2, 0.25) is 0 Å². The lowest BCUT2D eigenvalue weighted by atomic mass is 9.99. The fraction of sp³-hybridized carbons (Fsp3) is 0.333. The van der Waals surface area contributed by atoms with E-state index in [1.54, 1.807) is 6.07 Å². The quantitative estimate of drug-likeness (QED) is 0.933. The molecule has 110 valence electrons. The van der Waals surface area contributed by atoms with Crippen molar-refractivity contribution in [3.63, 3.8) is 0 Å². The highest BCUT2D eigenvalue weighted by Crippen LogP contribution is 2.28. The molecule has 1 aliphatic rings. The van der Waals surface area contributed by atoms with Crippen molar-refractivity contribution in [2.45, 2.75) is 25.4 Å². The number of nitrogens with two attached hydrogens (primary N) is 1. The van der Waals surface area contributed by atoms with Crippen molar-refractivity contribution >= 4 is 0 Å². The van der Waals surface area contributed by atoms with Gasteiger partial charge in [-0.15, -0.1) is 0 Å². The number of rotatable bonds is 4. The van der Waals surface area contributed by atoms with Crippen molar-refractivity contribution in [2.24, 2.45) is 5.73 Å². The van der Waals surface area contributed by atoms with Gasteiger partial charge in [-0.3, -0.25) is 4.90 Å². The zero-order valence-electron chi connectivity index (χ0n) is 12.1. The lowest BCUT2D eigenvalue weighted by molar-refractivity contribution is 0.326. The third-order valence-electron chi connectivity index (χ3n) is 4.20. The summed E-state index contributed by atoms with van der Waals surface area (Å²) in [5.41, 5.74) is 8.90. The second kappa shape index (κ2) is 6.37. The summed E-state index contributed by atoms with van der Waals surface area (Å²) in [7, 11) is 0. The van der Waals surface area contributed by atoms with Gasteiger partial charge in [-0.05, 0) is 47.7 Å². The van der Waals surface area contributed by atoms with E-state index in [-0.39, 0.29) is 5.82 Å². The van der Waals surface area contributed by atoms with Crippen LogP contribution in [-0.4, -0.2) is 18.0 Å². The zero-order valence-corrected chi connectivity index (χ0v) is 12.1. The second-order valence-corrected chi connectivity index (χ2v) is 5.80. The summed E-state index contributed by atoms with van der Waals surface area (Å²) in [6.45, 7) is 3.29. The summed E-state index contributed by atoms with van der Waals surface area (Å²) in [5, 5.41) is 0. The molecule has 0 radical (unpaired) electrons. The highest BCUT2D eigenvalue weighted by Gasteiger charge is 2.23. The largest absolute Gasteiger partial charge is 0.326 e.